The lowest BCUT2D eigenvalue weighted by Crippen LogP contribution is -2.10. The van der Waals surface area contributed by atoms with Crippen LogP contribution < -0.4 is 5.32 Å². The first kappa shape index (κ1) is 12.6. The number of anilines is 1. The Labute approximate surface area is 121 Å². The molecule has 0 aliphatic carbocycles. The number of nitrogens with zero attached hydrogens (tertiary/aromatic N) is 2. The summed E-state index contributed by atoms with van der Waals surface area (Å²) in [5.74, 6) is 0.344. The second-order valence-corrected chi connectivity index (χ2v) is 4.66. The summed E-state index contributed by atoms with van der Waals surface area (Å²) in [6, 6.07) is 10.3. The quantitative estimate of drug-likeness (QED) is 0.794. The third-order valence-corrected chi connectivity index (χ3v) is 2.97. The first-order valence-electron chi connectivity index (χ1n) is 5.66. The van der Waals surface area contributed by atoms with Gasteiger partial charge in [-0.15, -0.1) is 10.2 Å². The number of carbonyl (C=O) groups excluding carboxylic acids is 1. The second kappa shape index (κ2) is 5.30. The minimum Gasteiger partial charge on any atom is -0.444 e. The van der Waals surface area contributed by atoms with Gasteiger partial charge in [-0.25, -0.2) is 0 Å². The van der Waals surface area contributed by atoms with Crippen molar-refractivity contribution in [2.45, 2.75) is 0 Å². The van der Waals surface area contributed by atoms with Crippen molar-refractivity contribution in [3.05, 3.63) is 53.2 Å². The van der Waals surface area contributed by atoms with Crippen LogP contribution in [0.4, 0.5) is 5.69 Å². The fourth-order valence-corrected chi connectivity index (χ4v) is 1.93. The van der Waals surface area contributed by atoms with E-state index in [2.05, 4.69) is 31.4 Å². The SMILES string of the molecule is O=C(Nc1ccc(-c2nnco2)cc1)c1ccc(Br)o1. The fraction of sp³-hybridized carbons (Fsp3) is 0. The predicted octanol–water partition coefficient (Wildman–Crippen LogP) is 3.34. The van der Waals surface area contributed by atoms with Crippen molar-refractivity contribution in [3.8, 4) is 11.5 Å². The summed E-state index contributed by atoms with van der Waals surface area (Å²) < 4.78 is 10.8. The van der Waals surface area contributed by atoms with Crippen LogP contribution in [-0.2, 0) is 0 Å². The molecule has 3 aromatic rings. The lowest BCUT2D eigenvalue weighted by Gasteiger charge is -2.03. The van der Waals surface area contributed by atoms with Crippen molar-refractivity contribution in [2.24, 2.45) is 0 Å². The topological polar surface area (TPSA) is 81.2 Å². The van der Waals surface area contributed by atoms with Crippen molar-refractivity contribution >= 4 is 27.5 Å². The monoisotopic (exact) mass is 333 g/mol. The maximum Gasteiger partial charge on any atom is 0.291 e. The largest absolute Gasteiger partial charge is 0.444 e. The first-order chi connectivity index (χ1) is 9.72. The summed E-state index contributed by atoms with van der Waals surface area (Å²) in [7, 11) is 0. The molecule has 100 valence electrons. The molecule has 0 atom stereocenters. The standard InChI is InChI=1S/C13H8BrN3O3/c14-11-6-5-10(20-11)12(18)16-9-3-1-8(2-4-9)13-17-15-7-19-13/h1-7H,(H,16,18). The highest BCUT2D eigenvalue weighted by Gasteiger charge is 2.11. The number of amides is 1. The highest BCUT2D eigenvalue weighted by molar-refractivity contribution is 9.10. The minimum absolute atomic E-state index is 0.234. The maximum absolute atomic E-state index is 11.9. The number of rotatable bonds is 3. The average Bonchev–Trinajstić information content (AvgIpc) is 3.10. The van der Waals surface area contributed by atoms with Crippen molar-refractivity contribution < 1.29 is 13.6 Å². The molecule has 0 saturated carbocycles. The van der Waals surface area contributed by atoms with Gasteiger partial charge in [-0.3, -0.25) is 4.79 Å². The Bertz CT molecular complexity index is 720. The zero-order chi connectivity index (χ0) is 13.9. The number of halogens is 1. The van der Waals surface area contributed by atoms with E-state index in [0.717, 1.165) is 5.56 Å². The Morgan fingerprint density at radius 3 is 2.55 bits per heavy atom. The van der Waals surface area contributed by atoms with Crippen LogP contribution in [0, 0.1) is 0 Å². The van der Waals surface area contributed by atoms with Crippen LogP contribution in [-0.4, -0.2) is 16.1 Å². The van der Waals surface area contributed by atoms with Crippen LogP contribution in [0.25, 0.3) is 11.5 Å². The Hall–Kier alpha value is -2.41. The lowest BCUT2D eigenvalue weighted by molar-refractivity contribution is 0.0995. The molecule has 2 aromatic heterocycles. The van der Waals surface area contributed by atoms with Crippen LogP contribution in [0.5, 0.6) is 0 Å². The third-order valence-electron chi connectivity index (χ3n) is 2.55. The number of benzene rings is 1. The zero-order valence-electron chi connectivity index (χ0n) is 10.0. The first-order valence-corrected chi connectivity index (χ1v) is 6.45. The molecule has 7 heteroatoms. The maximum atomic E-state index is 11.9. The molecule has 0 bridgehead atoms. The molecule has 0 fully saturated rings. The third kappa shape index (κ3) is 2.62. The van der Waals surface area contributed by atoms with Gasteiger partial charge in [0.05, 0.1) is 0 Å². The summed E-state index contributed by atoms with van der Waals surface area (Å²) in [5, 5.41) is 10.1. The second-order valence-electron chi connectivity index (χ2n) is 3.88. The Balaban J connectivity index is 1.74. The van der Waals surface area contributed by atoms with Gasteiger partial charge < -0.3 is 14.2 Å². The van der Waals surface area contributed by atoms with Crippen LogP contribution in [0.1, 0.15) is 10.6 Å². The molecule has 1 N–H and O–H groups in total. The molecule has 0 aliphatic heterocycles. The van der Waals surface area contributed by atoms with E-state index >= 15 is 0 Å². The van der Waals surface area contributed by atoms with E-state index < -0.39 is 0 Å². The van der Waals surface area contributed by atoms with Gasteiger partial charge in [0.25, 0.3) is 5.91 Å². The summed E-state index contributed by atoms with van der Waals surface area (Å²) in [5.41, 5.74) is 1.42. The molecule has 3 rings (SSSR count). The summed E-state index contributed by atoms with van der Waals surface area (Å²) >= 11 is 3.15. The van der Waals surface area contributed by atoms with Gasteiger partial charge in [0.1, 0.15) is 0 Å². The molecule has 6 nitrogen and oxygen atoms in total. The predicted molar refractivity (Wildman–Crippen MR) is 74.1 cm³/mol. The van der Waals surface area contributed by atoms with Gasteiger partial charge in [0, 0.05) is 11.3 Å². The van der Waals surface area contributed by atoms with E-state index in [4.69, 9.17) is 8.83 Å². The molecule has 0 saturated heterocycles. The highest BCUT2D eigenvalue weighted by Crippen LogP contribution is 2.20. The molecule has 0 radical (unpaired) electrons. The van der Waals surface area contributed by atoms with E-state index in [1.54, 1.807) is 36.4 Å². The Morgan fingerprint density at radius 2 is 1.95 bits per heavy atom. The molecule has 1 amide bonds. The molecule has 0 spiro atoms. The minimum atomic E-state index is -0.318. The van der Waals surface area contributed by atoms with E-state index in [1.807, 2.05) is 0 Å². The highest BCUT2D eigenvalue weighted by atomic mass is 79.9. The van der Waals surface area contributed by atoms with E-state index in [1.165, 1.54) is 6.39 Å². The molecule has 0 aliphatic rings. The number of hydrogen-bond donors (Lipinski definition) is 1. The van der Waals surface area contributed by atoms with Gasteiger partial charge in [0.2, 0.25) is 12.3 Å². The Kier molecular flexibility index (Phi) is 3.34. The van der Waals surface area contributed by atoms with Crippen molar-refractivity contribution in [2.75, 3.05) is 5.32 Å². The number of aromatic nitrogens is 2. The summed E-state index contributed by atoms with van der Waals surface area (Å²) in [4.78, 5) is 11.9. The smallest absolute Gasteiger partial charge is 0.291 e. The van der Waals surface area contributed by atoms with Gasteiger partial charge >= 0.3 is 0 Å². The number of furan rings is 1. The van der Waals surface area contributed by atoms with Crippen LogP contribution in [0.3, 0.4) is 0 Å². The molecular weight excluding hydrogens is 326 g/mol. The lowest BCUT2D eigenvalue weighted by atomic mass is 10.2. The van der Waals surface area contributed by atoms with Crippen LogP contribution in [0.15, 0.2) is 56.3 Å². The molecular formula is C13H8BrN3O3. The van der Waals surface area contributed by atoms with E-state index in [9.17, 15) is 4.79 Å². The summed E-state index contributed by atoms with van der Waals surface area (Å²) in [6.07, 6.45) is 1.26. The van der Waals surface area contributed by atoms with Crippen molar-refractivity contribution in [1.82, 2.24) is 10.2 Å². The van der Waals surface area contributed by atoms with Gasteiger partial charge in [-0.05, 0) is 52.3 Å². The van der Waals surface area contributed by atoms with E-state index in [0.29, 0.717) is 16.2 Å². The molecule has 1 aromatic carbocycles. The zero-order valence-corrected chi connectivity index (χ0v) is 11.6. The van der Waals surface area contributed by atoms with Gasteiger partial charge in [-0.2, -0.15) is 0 Å². The normalized spacial score (nSPS) is 10.4. The van der Waals surface area contributed by atoms with Crippen LogP contribution in [0.2, 0.25) is 0 Å². The van der Waals surface area contributed by atoms with Crippen molar-refractivity contribution in [1.29, 1.82) is 0 Å². The van der Waals surface area contributed by atoms with E-state index in [-0.39, 0.29) is 11.7 Å². The van der Waals surface area contributed by atoms with Gasteiger partial charge in [-0.1, -0.05) is 0 Å². The van der Waals surface area contributed by atoms with Crippen molar-refractivity contribution in [3.63, 3.8) is 0 Å². The Morgan fingerprint density at radius 1 is 1.15 bits per heavy atom. The van der Waals surface area contributed by atoms with Gasteiger partial charge in [0.15, 0.2) is 10.4 Å². The molecule has 20 heavy (non-hydrogen) atoms. The number of nitrogens with one attached hydrogen (secondary N) is 1. The fourth-order valence-electron chi connectivity index (χ4n) is 1.62. The summed E-state index contributed by atoms with van der Waals surface area (Å²) in [6.45, 7) is 0. The molecule has 0 unspecified atom stereocenters. The van der Waals surface area contributed by atoms with Crippen LogP contribution >= 0.6 is 15.9 Å². The average molecular weight is 334 g/mol. The number of carbonyl (C=O) groups is 1. The number of hydrogen-bond acceptors (Lipinski definition) is 5. The molecule has 2 heterocycles.